The molecule has 0 spiro atoms. The van der Waals surface area contributed by atoms with E-state index in [1.807, 2.05) is 48.1 Å². The molecule has 11 rings (SSSR count). The van der Waals surface area contributed by atoms with Crippen LogP contribution in [-0.4, -0.2) is 124 Å². The lowest BCUT2D eigenvalue weighted by atomic mass is 9.92. The quantitative estimate of drug-likeness (QED) is 0.162. The number of amides is 2. The highest BCUT2D eigenvalue weighted by molar-refractivity contribution is 6.03. The molecule has 5 aromatic rings. The summed E-state index contributed by atoms with van der Waals surface area (Å²) in [6.07, 6.45) is 4.57. The van der Waals surface area contributed by atoms with E-state index in [1.165, 1.54) is 6.20 Å². The molecule has 6 aliphatic rings. The van der Waals surface area contributed by atoms with E-state index >= 15 is 8.78 Å². The van der Waals surface area contributed by atoms with Crippen LogP contribution in [0.25, 0.3) is 22.2 Å². The first-order chi connectivity index (χ1) is 31.4. The van der Waals surface area contributed by atoms with Crippen LogP contribution in [0.1, 0.15) is 61.3 Å². The molecular weight excluding hydrogens is 837 g/mol. The molecule has 19 heteroatoms. The molecule has 0 radical (unpaired) electrons. The van der Waals surface area contributed by atoms with Crippen molar-refractivity contribution in [3.63, 3.8) is 0 Å². The van der Waals surface area contributed by atoms with Crippen molar-refractivity contribution >= 4 is 62.8 Å². The predicted molar refractivity (Wildman–Crippen MR) is 239 cm³/mol. The molecule has 3 aromatic heterocycles. The third-order valence-electron chi connectivity index (χ3n) is 14.2. The second-order valence-electron chi connectivity index (χ2n) is 18.4. The Kier molecular flexibility index (Phi) is 10.1. The van der Waals surface area contributed by atoms with Gasteiger partial charge in [0.15, 0.2) is 24.2 Å². The van der Waals surface area contributed by atoms with Gasteiger partial charge in [0.05, 0.1) is 40.8 Å². The van der Waals surface area contributed by atoms with Gasteiger partial charge in [0.1, 0.15) is 23.3 Å². The summed E-state index contributed by atoms with van der Waals surface area (Å²) in [7, 11) is 3.63. The zero-order valence-electron chi connectivity index (χ0n) is 36.3. The SMILES string of the molecule is CN1c2ccc(Nc3cc(N4CCN(CC5CCN(c6cccc7c(C8CCC(=O)NC8=O)nn(C)c67)CC5)CC4)nc4c(C#N)cnn34)cc2C2=C(OCC(F)(F)[C@H](C3CC3)N2)C1O. The van der Waals surface area contributed by atoms with Crippen LogP contribution < -0.4 is 30.7 Å². The lowest BCUT2D eigenvalue weighted by Crippen LogP contribution is -2.49. The molecule has 8 heterocycles. The zero-order chi connectivity index (χ0) is 44.7. The molecule has 1 saturated carbocycles. The molecule has 2 unspecified atom stereocenters. The summed E-state index contributed by atoms with van der Waals surface area (Å²) in [5.74, 6) is -2.32. The molecule has 0 bridgehead atoms. The molecule has 5 aliphatic heterocycles. The number of nitriles is 1. The highest BCUT2D eigenvalue weighted by Gasteiger charge is 2.52. The third-order valence-corrected chi connectivity index (χ3v) is 14.2. The number of para-hydroxylation sites is 1. The topological polar surface area (TPSA) is 184 Å². The fourth-order valence-electron chi connectivity index (χ4n) is 10.5. The third kappa shape index (κ3) is 7.32. The number of aliphatic hydroxyl groups is 1. The van der Waals surface area contributed by atoms with E-state index in [1.54, 1.807) is 16.5 Å². The van der Waals surface area contributed by atoms with Crippen LogP contribution in [0.3, 0.4) is 0 Å². The van der Waals surface area contributed by atoms with Crippen LogP contribution in [-0.2, 0) is 21.4 Å². The van der Waals surface area contributed by atoms with Gasteiger partial charge in [-0.3, -0.25) is 24.5 Å². The van der Waals surface area contributed by atoms with E-state index in [0.717, 1.165) is 80.9 Å². The number of nitrogens with one attached hydrogen (secondary N) is 3. The molecule has 3 saturated heterocycles. The summed E-state index contributed by atoms with van der Waals surface area (Å²) in [5.41, 5.74) is 5.93. The van der Waals surface area contributed by atoms with Gasteiger partial charge in [0.2, 0.25) is 11.8 Å². The maximum absolute atomic E-state index is 15.3. The summed E-state index contributed by atoms with van der Waals surface area (Å²) in [6, 6.07) is 14.8. The highest BCUT2D eigenvalue weighted by atomic mass is 19.3. The minimum absolute atomic E-state index is 0.0750. The average Bonchev–Trinajstić information content (AvgIpc) is 3.99. The number of alkyl halides is 2. The number of carbonyl (C=O) groups excluding carboxylic acids is 2. The van der Waals surface area contributed by atoms with Crippen molar-refractivity contribution < 1.29 is 28.2 Å². The maximum atomic E-state index is 15.3. The second-order valence-corrected chi connectivity index (χ2v) is 18.4. The number of aliphatic hydroxyl groups excluding tert-OH is 1. The number of hydrogen-bond acceptors (Lipinski definition) is 14. The first kappa shape index (κ1) is 41.2. The smallest absolute Gasteiger partial charge is 0.301 e. The number of benzene rings is 2. The Morgan fingerprint density at radius 1 is 0.985 bits per heavy atom. The van der Waals surface area contributed by atoms with Crippen molar-refractivity contribution in [3.05, 3.63) is 71.2 Å². The number of anilines is 5. The molecule has 4 N–H and O–H groups in total. The molecule has 1 aliphatic carbocycles. The fourth-order valence-corrected chi connectivity index (χ4v) is 10.5. The highest BCUT2D eigenvalue weighted by Crippen LogP contribution is 2.46. The number of halogens is 2. The Bertz CT molecular complexity index is 2800. The van der Waals surface area contributed by atoms with Crippen LogP contribution in [0, 0.1) is 23.2 Å². The fraction of sp³-hybridized carbons (Fsp3) is 0.478. The second kappa shape index (κ2) is 15.9. The molecular formula is C46H51F2N13O4. The van der Waals surface area contributed by atoms with E-state index in [9.17, 15) is 20.0 Å². The predicted octanol–water partition coefficient (Wildman–Crippen LogP) is 4.26. The van der Waals surface area contributed by atoms with Crippen LogP contribution in [0.4, 0.5) is 37.5 Å². The summed E-state index contributed by atoms with van der Waals surface area (Å²) in [6.45, 7) is 5.23. The zero-order valence-corrected chi connectivity index (χ0v) is 36.3. The van der Waals surface area contributed by atoms with Gasteiger partial charge < -0.3 is 35.2 Å². The van der Waals surface area contributed by atoms with Crippen LogP contribution in [0.5, 0.6) is 0 Å². The number of rotatable bonds is 8. The van der Waals surface area contributed by atoms with Gasteiger partial charge in [-0.2, -0.15) is 20.0 Å². The lowest BCUT2D eigenvalue weighted by Gasteiger charge is -2.40. The first-order valence-corrected chi connectivity index (χ1v) is 22.6. The number of piperazine rings is 1. The number of likely N-dealkylation sites (N-methyl/N-ethyl adjacent to an activating group) is 1. The Balaban J connectivity index is 0.768. The van der Waals surface area contributed by atoms with Crippen LogP contribution in [0.2, 0.25) is 0 Å². The Morgan fingerprint density at radius 2 is 1.78 bits per heavy atom. The van der Waals surface area contributed by atoms with Gasteiger partial charge in [-0.15, -0.1) is 0 Å². The van der Waals surface area contributed by atoms with E-state index in [2.05, 4.69) is 47.9 Å². The Labute approximate surface area is 373 Å². The van der Waals surface area contributed by atoms with Crippen molar-refractivity contribution in [2.24, 2.45) is 18.9 Å². The largest absolute Gasteiger partial charge is 0.485 e. The van der Waals surface area contributed by atoms with Crippen molar-refractivity contribution in [2.75, 3.05) is 79.5 Å². The number of imide groups is 1. The number of piperidine rings is 2. The van der Waals surface area contributed by atoms with Gasteiger partial charge >= 0.3 is 5.92 Å². The van der Waals surface area contributed by atoms with E-state index in [4.69, 9.17) is 14.8 Å². The number of ether oxygens (including phenoxy) is 1. The molecule has 3 atom stereocenters. The van der Waals surface area contributed by atoms with Gasteiger partial charge in [0, 0.05) is 94.7 Å². The van der Waals surface area contributed by atoms with Crippen molar-refractivity contribution in [2.45, 2.75) is 62.6 Å². The number of aromatic nitrogens is 5. The van der Waals surface area contributed by atoms with Gasteiger partial charge in [-0.1, -0.05) is 12.1 Å². The maximum Gasteiger partial charge on any atom is 0.301 e. The Hall–Kier alpha value is -6.52. The average molecular weight is 888 g/mol. The number of carbonyl (C=O) groups is 2. The van der Waals surface area contributed by atoms with Gasteiger partial charge in [-0.25, -0.2) is 13.8 Å². The van der Waals surface area contributed by atoms with Crippen LogP contribution >= 0.6 is 0 Å². The van der Waals surface area contributed by atoms with E-state index < -0.39 is 30.7 Å². The van der Waals surface area contributed by atoms with Gasteiger partial charge in [0.25, 0.3) is 0 Å². The molecule has 4 fully saturated rings. The first-order valence-electron chi connectivity index (χ1n) is 22.6. The molecule has 338 valence electrons. The minimum atomic E-state index is -3.11. The summed E-state index contributed by atoms with van der Waals surface area (Å²) < 4.78 is 39.8. The van der Waals surface area contributed by atoms with Crippen molar-refractivity contribution in [1.29, 1.82) is 5.26 Å². The molecule has 65 heavy (non-hydrogen) atoms. The molecule has 2 amide bonds. The van der Waals surface area contributed by atoms with Crippen molar-refractivity contribution in [3.8, 4) is 6.07 Å². The lowest BCUT2D eigenvalue weighted by molar-refractivity contribution is -0.134. The Morgan fingerprint density at radius 3 is 2.54 bits per heavy atom. The van der Waals surface area contributed by atoms with E-state index in [0.29, 0.717) is 77.1 Å². The number of hydrogen-bond donors (Lipinski definition) is 4. The number of nitrogens with zero attached hydrogens (tertiary/aromatic N) is 10. The minimum Gasteiger partial charge on any atom is -0.485 e. The summed E-state index contributed by atoms with van der Waals surface area (Å²) >= 11 is 0. The monoisotopic (exact) mass is 887 g/mol. The molecule has 17 nitrogen and oxygen atoms in total. The van der Waals surface area contributed by atoms with E-state index in [-0.39, 0.29) is 23.5 Å². The molecule has 2 aromatic carbocycles. The van der Waals surface area contributed by atoms with Gasteiger partial charge in [-0.05, 0) is 68.2 Å². The number of fused-ring (bicyclic) bond motifs is 4. The number of aryl methyl sites for hydroxylation is 1. The summed E-state index contributed by atoms with van der Waals surface area (Å²) in [4.78, 5) is 38.3. The summed E-state index contributed by atoms with van der Waals surface area (Å²) in [5, 5.41) is 40.5. The van der Waals surface area contributed by atoms with Crippen molar-refractivity contribution in [1.82, 2.24) is 39.9 Å². The van der Waals surface area contributed by atoms with Crippen LogP contribution in [0.15, 0.2) is 54.4 Å². The standard InChI is InChI=1S/C46H51F2N13O4/c1-56-33-10-8-29(20-32(33)39-41(45(56)64)65-25-46(47,48)42(54-39)27-6-7-27)51-36-21-35(52-43-28(22-49)23-50-61(36)43)60-18-16-58(17-19-60)24-26-12-14-59(15-13-26)34-5-3-4-30-38(55-57(2)40(30)34)31-9-11-37(62)53-44(31)63/h3-5,8,10,20-21,23,26-27,31,42,45,51,54,64H,6-7,9,11-19,24-25H2,1-2H3,(H,53,62,63)/t31?,42-,45?/m0/s1. The normalized spacial score (nSPS) is 24.0.